The van der Waals surface area contributed by atoms with Gasteiger partial charge in [0.2, 0.25) is 5.91 Å². The van der Waals surface area contributed by atoms with Gasteiger partial charge >= 0.3 is 6.03 Å². The molecule has 0 saturated carbocycles. The molecule has 4 N–H and O–H groups in total. The Kier molecular flexibility index (Phi) is 5.44. The van der Waals surface area contributed by atoms with E-state index in [4.69, 9.17) is 5.73 Å². The number of halogens is 1. The molecule has 1 aromatic carbocycles. The zero-order valence-electron chi connectivity index (χ0n) is 9.83. The summed E-state index contributed by atoms with van der Waals surface area (Å²) in [7, 11) is 1.42. The van der Waals surface area contributed by atoms with Crippen LogP contribution in [0.15, 0.2) is 23.1 Å². The summed E-state index contributed by atoms with van der Waals surface area (Å²) in [6.07, 6.45) is 0.127. The highest BCUT2D eigenvalue weighted by atomic mass is 32.2. The molecule has 0 aliphatic carbocycles. The van der Waals surface area contributed by atoms with Crippen molar-refractivity contribution in [1.82, 2.24) is 10.6 Å². The average molecular weight is 271 g/mol. The van der Waals surface area contributed by atoms with E-state index in [1.807, 2.05) is 0 Å². The molecule has 0 atom stereocenters. The Morgan fingerprint density at radius 1 is 1.44 bits per heavy atom. The fourth-order valence-electron chi connectivity index (χ4n) is 1.14. The first kappa shape index (κ1) is 14.3. The van der Waals surface area contributed by atoms with Crippen molar-refractivity contribution in [2.24, 2.45) is 0 Å². The van der Waals surface area contributed by atoms with Crippen molar-refractivity contribution in [3.63, 3.8) is 0 Å². The van der Waals surface area contributed by atoms with Gasteiger partial charge in [-0.05, 0) is 18.2 Å². The maximum absolute atomic E-state index is 13.4. The molecule has 0 fully saturated rings. The van der Waals surface area contributed by atoms with Crippen LogP contribution >= 0.6 is 11.8 Å². The van der Waals surface area contributed by atoms with Crippen molar-refractivity contribution in [2.75, 3.05) is 18.5 Å². The van der Waals surface area contributed by atoms with E-state index in [-0.39, 0.29) is 6.42 Å². The Hall–Kier alpha value is -1.76. The highest BCUT2D eigenvalue weighted by Crippen LogP contribution is 2.23. The molecule has 0 unspecified atom stereocenters. The quantitative estimate of drug-likeness (QED) is 0.570. The highest BCUT2D eigenvalue weighted by molar-refractivity contribution is 7.99. The van der Waals surface area contributed by atoms with Crippen molar-refractivity contribution in [2.45, 2.75) is 11.3 Å². The molecule has 0 aliphatic rings. The van der Waals surface area contributed by atoms with Gasteiger partial charge in [-0.15, -0.1) is 11.8 Å². The Balaban J connectivity index is 2.37. The molecule has 0 bridgehead atoms. The van der Waals surface area contributed by atoms with Crippen LogP contribution in [0.5, 0.6) is 0 Å². The van der Waals surface area contributed by atoms with Crippen LogP contribution in [0.4, 0.5) is 14.9 Å². The predicted octanol–water partition coefficient (Wildman–Crippen LogP) is 1.35. The first-order chi connectivity index (χ1) is 8.52. The van der Waals surface area contributed by atoms with Crippen molar-refractivity contribution >= 4 is 29.4 Å². The van der Waals surface area contributed by atoms with Crippen LogP contribution in [-0.4, -0.2) is 24.7 Å². The van der Waals surface area contributed by atoms with Crippen LogP contribution < -0.4 is 16.4 Å². The third kappa shape index (κ3) is 4.62. The van der Waals surface area contributed by atoms with E-state index in [0.29, 0.717) is 16.3 Å². The molecule has 0 heterocycles. The average Bonchev–Trinajstić information content (AvgIpc) is 2.31. The smallest absolute Gasteiger partial charge is 0.321 e. The molecule has 0 radical (unpaired) electrons. The summed E-state index contributed by atoms with van der Waals surface area (Å²) in [5.41, 5.74) is 5.77. The molecule has 7 heteroatoms. The normalized spacial score (nSPS) is 9.89. The highest BCUT2D eigenvalue weighted by Gasteiger charge is 2.07. The number of benzene rings is 1. The van der Waals surface area contributed by atoms with Gasteiger partial charge in [0.15, 0.2) is 0 Å². The Labute approximate surface area is 108 Å². The fourth-order valence-corrected chi connectivity index (χ4v) is 2.01. The number of nitrogens with one attached hydrogen (secondary N) is 2. The number of urea groups is 1. The lowest BCUT2D eigenvalue weighted by Gasteiger charge is -2.04. The third-order valence-corrected chi connectivity index (χ3v) is 3.07. The summed E-state index contributed by atoms with van der Waals surface area (Å²) in [5, 5.41) is 4.39. The molecule has 18 heavy (non-hydrogen) atoms. The molecule has 0 aromatic heterocycles. The standard InChI is InChI=1S/C11H14FN3O2S/c1-14-11(17)15-10(16)4-5-18-9-3-2-7(13)6-8(9)12/h2-3,6H,4-5,13H2,1H3,(H2,14,15,16,17). The minimum absolute atomic E-state index is 0.127. The monoisotopic (exact) mass is 271 g/mol. The van der Waals surface area contributed by atoms with E-state index in [2.05, 4.69) is 10.6 Å². The van der Waals surface area contributed by atoms with E-state index in [9.17, 15) is 14.0 Å². The summed E-state index contributed by atoms with van der Waals surface area (Å²) >= 11 is 1.20. The van der Waals surface area contributed by atoms with Crippen LogP contribution in [0.2, 0.25) is 0 Å². The fraction of sp³-hybridized carbons (Fsp3) is 0.273. The van der Waals surface area contributed by atoms with Crippen LogP contribution in [0, 0.1) is 5.82 Å². The zero-order chi connectivity index (χ0) is 13.5. The number of carbonyl (C=O) groups is 2. The summed E-state index contributed by atoms with van der Waals surface area (Å²) in [6.45, 7) is 0. The summed E-state index contributed by atoms with van der Waals surface area (Å²) in [5.74, 6) is -0.437. The molecular formula is C11H14FN3O2S. The lowest BCUT2D eigenvalue weighted by Crippen LogP contribution is -2.37. The largest absolute Gasteiger partial charge is 0.399 e. The van der Waals surface area contributed by atoms with E-state index >= 15 is 0 Å². The van der Waals surface area contributed by atoms with Crippen molar-refractivity contribution in [3.8, 4) is 0 Å². The van der Waals surface area contributed by atoms with Gasteiger partial charge in [0.1, 0.15) is 5.82 Å². The summed E-state index contributed by atoms with van der Waals surface area (Å²) < 4.78 is 13.4. The van der Waals surface area contributed by atoms with Gasteiger partial charge < -0.3 is 11.1 Å². The number of imide groups is 1. The Morgan fingerprint density at radius 2 is 2.17 bits per heavy atom. The molecular weight excluding hydrogens is 257 g/mol. The van der Waals surface area contributed by atoms with Crippen LogP contribution in [-0.2, 0) is 4.79 Å². The lowest BCUT2D eigenvalue weighted by atomic mass is 10.3. The minimum atomic E-state index is -0.552. The number of nitrogen functional groups attached to an aromatic ring is 1. The number of anilines is 1. The Bertz CT molecular complexity index is 454. The zero-order valence-corrected chi connectivity index (χ0v) is 10.6. The topological polar surface area (TPSA) is 84.2 Å². The maximum atomic E-state index is 13.4. The second-order valence-corrected chi connectivity index (χ2v) is 4.55. The summed E-state index contributed by atoms with van der Waals surface area (Å²) in [6, 6.07) is 3.83. The molecule has 98 valence electrons. The number of nitrogens with two attached hydrogens (primary N) is 1. The van der Waals surface area contributed by atoms with E-state index in [1.54, 1.807) is 12.1 Å². The van der Waals surface area contributed by atoms with Gasteiger partial charge in [-0.2, -0.15) is 0 Å². The number of amides is 3. The second-order valence-electron chi connectivity index (χ2n) is 3.42. The van der Waals surface area contributed by atoms with Crippen molar-refractivity contribution in [3.05, 3.63) is 24.0 Å². The van der Waals surface area contributed by atoms with Crippen LogP contribution in [0.1, 0.15) is 6.42 Å². The van der Waals surface area contributed by atoms with Crippen molar-refractivity contribution < 1.29 is 14.0 Å². The molecule has 1 aromatic rings. The van der Waals surface area contributed by atoms with E-state index < -0.39 is 17.8 Å². The number of hydrogen-bond acceptors (Lipinski definition) is 4. The van der Waals surface area contributed by atoms with Gasteiger partial charge in [0.25, 0.3) is 0 Å². The molecule has 3 amide bonds. The second kappa shape index (κ2) is 6.85. The molecule has 0 saturated heterocycles. The van der Waals surface area contributed by atoms with Crippen LogP contribution in [0.3, 0.4) is 0 Å². The predicted molar refractivity (Wildman–Crippen MR) is 68.8 cm³/mol. The van der Waals surface area contributed by atoms with Gasteiger partial charge in [-0.1, -0.05) is 0 Å². The van der Waals surface area contributed by atoms with Gasteiger partial charge in [0, 0.05) is 29.8 Å². The molecule has 0 spiro atoms. The third-order valence-electron chi connectivity index (χ3n) is 2.02. The van der Waals surface area contributed by atoms with Gasteiger partial charge in [-0.3, -0.25) is 10.1 Å². The van der Waals surface area contributed by atoms with E-state index in [0.717, 1.165) is 0 Å². The number of thioether (sulfide) groups is 1. The number of rotatable bonds is 4. The number of hydrogen-bond donors (Lipinski definition) is 3. The van der Waals surface area contributed by atoms with Crippen molar-refractivity contribution in [1.29, 1.82) is 0 Å². The molecule has 0 aliphatic heterocycles. The lowest BCUT2D eigenvalue weighted by molar-refractivity contribution is -0.119. The summed E-state index contributed by atoms with van der Waals surface area (Å²) in [4.78, 5) is 22.5. The number of carbonyl (C=O) groups excluding carboxylic acids is 2. The maximum Gasteiger partial charge on any atom is 0.321 e. The molecule has 5 nitrogen and oxygen atoms in total. The minimum Gasteiger partial charge on any atom is -0.399 e. The van der Waals surface area contributed by atoms with Gasteiger partial charge in [-0.25, -0.2) is 9.18 Å². The SMILES string of the molecule is CNC(=O)NC(=O)CCSc1ccc(N)cc1F. The van der Waals surface area contributed by atoms with Crippen LogP contribution in [0.25, 0.3) is 0 Å². The Morgan fingerprint density at radius 3 is 2.78 bits per heavy atom. The molecule has 1 rings (SSSR count). The first-order valence-electron chi connectivity index (χ1n) is 5.22. The van der Waals surface area contributed by atoms with E-state index in [1.165, 1.54) is 24.9 Å². The van der Waals surface area contributed by atoms with Gasteiger partial charge in [0.05, 0.1) is 0 Å². The first-order valence-corrected chi connectivity index (χ1v) is 6.21.